The molecule has 1 atom stereocenters. The van der Waals surface area contributed by atoms with Gasteiger partial charge in [0.1, 0.15) is 5.75 Å². The van der Waals surface area contributed by atoms with Crippen LogP contribution < -0.4 is 19.5 Å². The SMILES string of the molecule is CCOc1ccc(CNC(=O)C(CC)Oc2ccc(C)c(C)c2)cc1OCC. The molecule has 0 aliphatic rings. The number of amides is 1. The highest BCUT2D eigenvalue weighted by molar-refractivity contribution is 5.81. The highest BCUT2D eigenvalue weighted by Gasteiger charge is 2.18. The zero-order valence-electron chi connectivity index (χ0n) is 17.5. The van der Waals surface area contributed by atoms with Gasteiger partial charge in [-0.25, -0.2) is 0 Å². The van der Waals surface area contributed by atoms with Crippen LogP contribution in [0.15, 0.2) is 36.4 Å². The quantitative estimate of drug-likeness (QED) is 0.651. The Labute approximate surface area is 168 Å². The van der Waals surface area contributed by atoms with Crippen LogP contribution >= 0.6 is 0 Å². The van der Waals surface area contributed by atoms with Gasteiger partial charge in [0.25, 0.3) is 5.91 Å². The maximum atomic E-state index is 12.6. The summed E-state index contributed by atoms with van der Waals surface area (Å²) in [6.45, 7) is 11.4. The van der Waals surface area contributed by atoms with Crippen molar-refractivity contribution in [2.75, 3.05) is 13.2 Å². The van der Waals surface area contributed by atoms with E-state index in [9.17, 15) is 4.79 Å². The van der Waals surface area contributed by atoms with Crippen LogP contribution in [0.4, 0.5) is 0 Å². The number of hydrogen-bond acceptors (Lipinski definition) is 4. The van der Waals surface area contributed by atoms with Gasteiger partial charge < -0.3 is 19.5 Å². The van der Waals surface area contributed by atoms with Crippen molar-refractivity contribution in [2.45, 2.75) is 53.7 Å². The van der Waals surface area contributed by atoms with Gasteiger partial charge in [0.05, 0.1) is 13.2 Å². The Bertz CT molecular complexity index is 788. The van der Waals surface area contributed by atoms with Crippen LogP contribution in [-0.2, 0) is 11.3 Å². The Balaban J connectivity index is 2.00. The van der Waals surface area contributed by atoms with Crippen LogP contribution in [0.3, 0.4) is 0 Å². The molecule has 1 N–H and O–H groups in total. The van der Waals surface area contributed by atoms with Crippen molar-refractivity contribution < 1.29 is 19.0 Å². The molecule has 0 saturated heterocycles. The first-order valence-corrected chi connectivity index (χ1v) is 9.88. The molecule has 5 nitrogen and oxygen atoms in total. The molecule has 1 unspecified atom stereocenters. The first kappa shape index (κ1) is 21.6. The maximum absolute atomic E-state index is 12.6. The molecule has 0 aromatic heterocycles. The Hall–Kier alpha value is -2.69. The summed E-state index contributed by atoms with van der Waals surface area (Å²) < 4.78 is 17.1. The second kappa shape index (κ2) is 10.6. The summed E-state index contributed by atoms with van der Waals surface area (Å²) >= 11 is 0. The third-order valence-electron chi connectivity index (χ3n) is 4.49. The molecule has 0 saturated carbocycles. The van der Waals surface area contributed by atoms with E-state index in [2.05, 4.69) is 12.2 Å². The number of rotatable bonds is 10. The van der Waals surface area contributed by atoms with Crippen molar-refractivity contribution in [3.63, 3.8) is 0 Å². The topological polar surface area (TPSA) is 56.8 Å². The average molecular weight is 386 g/mol. The lowest BCUT2D eigenvalue weighted by molar-refractivity contribution is -0.128. The molecule has 0 radical (unpaired) electrons. The highest BCUT2D eigenvalue weighted by atomic mass is 16.5. The standard InChI is InChI=1S/C23H31NO4/c1-6-20(28-19-11-9-16(4)17(5)13-19)23(25)24-15-18-10-12-21(26-7-2)22(14-18)27-8-3/h9-14,20H,6-8,15H2,1-5H3,(H,24,25). The minimum absolute atomic E-state index is 0.132. The van der Waals surface area contributed by atoms with Gasteiger partial charge in [-0.05, 0) is 75.1 Å². The van der Waals surface area contributed by atoms with Crippen molar-refractivity contribution in [3.05, 3.63) is 53.1 Å². The molecule has 0 heterocycles. The van der Waals surface area contributed by atoms with Gasteiger partial charge in [-0.3, -0.25) is 4.79 Å². The van der Waals surface area contributed by atoms with Gasteiger partial charge in [-0.2, -0.15) is 0 Å². The third kappa shape index (κ3) is 5.91. The Morgan fingerprint density at radius 2 is 1.64 bits per heavy atom. The summed E-state index contributed by atoms with van der Waals surface area (Å²) in [6.07, 6.45) is 0.0582. The molecular formula is C23H31NO4. The molecule has 2 aromatic rings. The van der Waals surface area contributed by atoms with Crippen molar-refractivity contribution in [3.8, 4) is 17.2 Å². The fourth-order valence-corrected chi connectivity index (χ4v) is 2.78. The first-order chi connectivity index (χ1) is 13.5. The van der Waals surface area contributed by atoms with Gasteiger partial charge in [0, 0.05) is 6.54 Å². The summed E-state index contributed by atoms with van der Waals surface area (Å²) in [5.74, 6) is 1.98. The van der Waals surface area contributed by atoms with Crippen molar-refractivity contribution in [1.82, 2.24) is 5.32 Å². The molecule has 152 valence electrons. The highest BCUT2D eigenvalue weighted by Crippen LogP contribution is 2.28. The molecule has 0 fully saturated rings. The smallest absolute Gasteiger partial charge is 0.261 e. The lowest BCUT2D eigenvalue weighted by Gasteiger charge is -2.18. The summed E-state index contributed by atoms with van der Waals surface area (Å²) in [4.78, 5) is 12.6. The van der Waals surface area contributed by atoms with E-state index in [-0.39, 0.29) is 5.91 Å². The molecule has 0 bridgehead atoms. The number of hydrogen-bond donors (Lipinski definition) is 1. The zero-order valence-corrected chi connectivity index (χ0v) is 17.5. The predicted molar refractivity (Wildman–Crippen MR) is 111 cm³/mol. The average Bonchev–Trinajstić information content (AvgIpc) is 2.69. The minimum atomic E-state index is -0.531. The largest absolute Gasteiger partial charge is 0.490 e. The number of nitrogens with one attached hydrogen (secondary N) is 1. The molecule has 2 aromatic carbocycles. The molecule has 0 spiro atoms. The van der Waals surface area contributed by atoms with Gasteiger partial charge in [-0.1, -0.05) is 19.1 Å². The van der Waals surface area contributed by atoms with E-state index in [0.717, 1.165) is 11.1 Å². The second-order valence-electron chi connectivity index (χ2n) is 6.63. The van der Waals surface area contributed by atoms with Crippen LogP contribution in [0.1, 0.15) is 43.9 Å². The fourth-order valence-electron chi connectivity index (χ4n) is 2.78. The minimum Gasteiger partial charge on any atom is -0.490 e. The van der Waals surface area contributed by atoms with E-state index in [1.165, 1.54) is 5.56 Å². The number of aryl methyl sites for hydroxylation is 2. The lowest BCUT2D eigenvalue weighted by atomic mass is 10.1. The Kier molecular flexibility index (Phi) is 8.18. The van der Waals surface area contributed by atoms with E-state index in [1.807, 2.05) is 64.1 Å². The van der Waals surface area contributed by atoms with Gasteiger partial charge in [0.15, 0.2) is 17.6 Å². The van der Waals surface area contributed by atoms with E-state index < -0.39 is 6.10 Å². The molecule has 0 aliphatic heterocycles. The van der Waals surface area contributed by atoms with E-state index in [0.29, 0.717) is 43.4 Å². The number of carbonyl (C=O) groups is 1. The normalized spacial score (nSPS) is 11.6. The monoisotopic (exact) mass is 385 g/mol. The summed E-state index contributed by atoms with van der Waals surface area (Å²) in [5.41, 5.74) is 3.29. The van der Waals surface area contributed by atoms with Crippen molar-refractivity contribution in [2.24, 2.45) is 0 Å². The van der Waals surface area contributed by atoms with Crippen molar-refractivity contribution >= 4 is 5.91 Å². The molecule has 0 aliphatic carbocycles. The van der Waals surface area contributed by atoms with E-state index in [4.69, 9.17) is 14.2 Å². The number of ether oxygens (including phenoxy) is 3. The van der Waals surface area contributed by atoms with Crippen LogP contribution in [0.2, 0.25) is 0 Å². The molecule has 1 amide bonds. The molecule has 28 heavy (non-hydrogen) atoms. The van der Waals surface area contributed by atoms with Crippen molar-refractivity contribution in [1.29, 1.82) is 0 Å². The van der Waals surface area contributed by atoms with Crippen LogP contribution in [0.25, 0.3) is 0 Å². The maximum Gasteiger partial charge on any atom is 0.261 e. The van der Waals surface area contributed by atoms with E-state index >= 15 is 0 Å². The van der Waals surface area contributed by atoms with Gasteiger partial charge >= 0.3 is 0 Å². The van der Waals surface area contributed by atoms with Crippen LogP contribution in [0, 0.1) is 13.8 Å². The molecular weight excluding hydrogens is 354 g/mol. The third-order valence-corrected chi connectivity index (χ3v) is 4.49. The second-order valence-corrected chi connectivity index (χ2v) is 6.63. The zero-order chi connectivity index (χ0) is 20.5. The Morgan fingerprint density at radius 1 is 0.929 bits per heavy atom. The fraction of sp³-hybridized carbons (Fsp3) is 0.435. The number of benzene rings is 2. The summed E-state index contributed by atoms with van der Waals surface area (Å²) in [5, 5.41) is 2.96. The van der Waals surface area contributed by atoms with Crippen LogP contribution in [0.5, 0.6) is 17.2 Å². The first-order valence-electron chi connectivity index (χ1n) is 9.88. The van der Waals surface area contributed by atoms with Crippen LogP contribution in [-0.4, -0.2) is 25.2 Å². The summed E-state index contributed by atoms with van der Waals surface area (Å²) in [7, 11) is 0. The summed E-state index contributed by atoms with van der Waals surface area (Å²) in [6, 6.07) is 11.6. The lowest BCUT2D eigenvalue weighted by Crippen LogP contribution is -2.37. The molecule has 5 heteroatoms. The molecule has 2 rings (SSSR count). The van der Waals surface area contributed by atoms with Gasteiger partial charge in [0.2, 0.25) is 0 Å². The predicted octanol–water partition coefficient (Wildman–Crippen LogP) is 4.57. The Morgan fingerprint density at radius 3 is 2.29 bits per heavy atom. The van der Waals surface area contributed by atoms with E-state index in [1.54, 1.807) is 0 Å². The number of carbonyl (C=O) groups excluding carboxylic acids is 1. The van der Waals surface area contributed by atoms with Gasteiger partial charge in [-0.15, -0.1) is 0 Å².